The third-order valence-electron chi connectivity index (χ3n) is 4.68. The Kier molecular flexibility index (Phi) is 4.60. The lowest BCUT2D eigenvalue weighted by Crippen LogP contribution is -2.45. The second kappa shape index (κ2) is 6.00. The zero-order valence-corrected chi connectivity index (χ0v) is 11.4. The zero-order chi connectivity index (χ0) is 13.1. The van der Waals surface area contributed by atoms with E-state index in [-0.39, 0.29) is 11.9 Å². The monoisotopic (exact) mass is 257 g/mol. The predicted molar refractivity (Wildman–Crippen MR) is 68.0 cm³/mol. The fourth-order valence-electron chi connectivity index (χ4n) is 3.60. The summed E-state index contributed by atoms with van der Waals surface area (Å²) in [5.74, 6) is 0.791. The molecule has 1 saturated carbocycles. The number of carbonyl (C=O) groups is 1. The van der Waals surface area contributed by atoms with Gasteiger partial charge in [-0.2, -0.15) is 0 Å². The van der Waals surface area contributed by atoms with Crippen molar-refractivity contribution in [1.29, 1.82) is 0 Å². The summed E-state index contributed by atoms with van der Waals surface area (Å²) in [6.45, 7) is 1.82. The first-order valence-corrected chi connectivity index (χ1v) is 7.02. The van der Waals surface area contributed by atoms with E-state index in [9.17, 15) is 9.18 Å². The van der Waals surface area contributed by atoms with Crippen LogP contribution in [-0.4, -0.2) is 44.3 Å². The summed E-state index contributed by atoms with van der Waals surface area (Å²) in [7, 11) is 3.51. The van der Waals surface area contributed by atoms with Gasteiger partial charge in [0.15, 0.2) is 0 Å². The van der Waals surface area contributed by atoms with Crippen LogP contribution in [0.2, 0.25) is 0 Å². The number of likely N-dealkylation sites (tertiary alicyclic amines) is 1. The molecule has 0 radical (unpaired) electrons. The summed E-state index contributed by atoms with van der Waals surface area (Å²) < 4.78 is 18.1. The third-order valence-corrected chi connectivity index (χ3v) is 4.68. The molecule has 2 atom stereocenters. The van der Waals surface area contributed by atoms with E-state index in [1.807, 2.05) is 7.05 Å². The van der Waals surface area contributed by atoms with Gasteiger partial charge in [0.1, 0.15) is 6.17 Å². The summed E-state index contributed by atoms with van der Waals surface area (Å²) >= 11 is 0. The maximum absolute atomic E-state index is 13.2. The summed E-state index contributed by atoms with van der Waals surface area (Å²) in [6, 6.07) is 0. The molecule has 2 fully saturated rings. The predicted octanol–water partition coefficient (Wildman–Crippen LogP) is 2.26. The highest BCUT2D eigenvalue weighted by atomic mass is 19.1. The molecule has 0 aromatic carbocycles. The van der Waals surface area contributed by atoms with Crippen molar-refractivity contribution in [2.45, 2.75) is 38.3 Å². The molecule has 0 aromatic heterocycles. The van der Waals surface area contributed by atoms with Crippen LogP contribution in [0, 0.1) is 17.8 Å². The smallest absolute Gasteiger partial charge is 0.310 e. The second-order valence-electron chi connectivity index (χ2n) is 5.86. The van der Waals surface area contributed by atoms with E-state index in [0.717, 1.165) is 32.4 Å². The summed E-state index contributed by atoms with van der Waals surface area (Å²) in [5, 5.41) is 0. The van der Waals surface area contributed by atoms with Gasteiger partial charge in [-0.1, -0.05) is 0 Å². The van der Waals surface area contributed by atoms with E-state index in [4.69, 9.17) is 4.74 Å². The topological polar surface area (TPSA) is 29.5 Å². The number of rotatable bonds is 2. The van der Waals surface area contributed by atoms with Crippen LogP contribution in [0.4, 0.5) is 4.39 Å². The Labute approximate surface area is 109 Å². The Hall–Kier alpha value is -0.640. The molecule has 0 bridgehead atoms. The number of esters is 1. The lowest BCUT2D eigenvalue weighted by molar-refractivity contribution is -0.151. The highest BCUT2D eigenvalue weighted by Gasteiger charge is 2.39. The summed E-state index contributed by atoms with van der Waals surface area (Å²) in [4.78, 5) is 14.1. The van der Waals surface area contributed by atoms with E-state index in [1.165, 1.54) is 7.11 Å². The molecule has 2 rings (SSSR count). The standard InChI is InChI=1S/C14H24FNO2/c1-16-8-7-12(13(9-16)14(17)18-2)10-3-5-11(15)6-4-10/h10-13H,3-9H2,1-2H3. The van der Waals surface area contributed by atoms with Gasteiger partial charge in [0.2, 0.25) is 0 Å². The maximum Gasteiger partial charge on any atom is 0.310 e. The fraction of sp³-hybridized carbons (Fsp3) is 0.929. The van der Waals surface area contributed by atoms with E-state index < -0.39 is 6.17 Å². The molecule has 0 aromatic rings. The van der Waals surface area contributed by atoms with Crippen molar-refractivity contribution in [3.8, 4) is 0 Å². The van der Waals surface area contributed by atoms with Gasteiger partial charge in [-0.15, -0.1) is 0 Å². The third kappa shape index (κ3) is 3.02. The number of carbonyl (C=O) groups excluding carboxylic acids is 1. The number of halogens is 1. The Morgan fingerprint density at radius 3 is 2.50 bits per heavy atom. The van der Waals surface area contributed by atoms with E-state index >= 15 is 0 Å². The molecule has 1 aliphatic carbocycles. The molecule has 2 aliphatic rings. The Morgan fingerprint density at radius 2 is 1.89 bits per heavy atom. The van der Waals surface area contributed by atoms with Gasteiger partial charge in [0, 0.05) is 6.54 Å². The van der Waals surface area contributed by atoms with Crippen molar-refractivity contribution in [1.82, 2.24) is 4.90 Å². The lowest BCUT2D eigenvalue weighted by Gasteiger charge is -2.41. The number of alkyl halides is 1. The van der Waals surface area contributed by atoms with Crippen molar-refractivity contribution >= 4 is 5.97 Å². The first kappa shape index (κ1) is 13.8. The van der Waals surface area contributed by atoms with E-state index in [0.29, 0.717) is 24.7 Å². The highest BCUT2D eigenvalue weighted by Crippen LogP contribution is 2.39. The van der Waals surface area contributed by atoms with Crippen LogP contribution in [0.15, 0.2) is 0 Å². The summed E-state index contributed by atoms with van der Waals surface area (Å²) in [5.41, 5.74) is 0. The number of nitrogens with zero attached hydrogens (tertiary/aromatic N) is 1. The van der Waals surface area contributed by atoms with Gasteiger partial charge in [-0.25, -0.2) is 4.39 Å². The molecule has 104 valence electrons. The van der Waals surface area contributed by atoms with Crippen LogP contribution >= 0.6 is 0 Å². The molecular weight excluding hydrogens is 233 g/mol. The van der Waals surface area contributed by atoms with Gasteiger partial charge < -0.3 is 9.64 Å². The van der Waals surface area contributed by atoms with E-state index in [1.54, 1.807) is 0 Å². The largest absolute Gasteiger partial charge is 0.469 e. The lowest BCUT2D eigenvalue weighted by atomic mass is 9.70. The van der Waals surface area contributed by atoms with Crippen molar-refractivity contribution in [3.05, 3.63) is 0 Å². The molecule has 0 spiro atoms. The first-order chi connectivity index (χ1) is 8.61. The molecule has 0 amide bonds. The van der Waals surface area contributed by atoms with Crippen molar-refractivity contribution in [3.63, 3.8) is 0 Å². The molecule has 0 N–H and O–H groups in total. The Morgan fingerprint density at radius 1 is 1.22 bits per heavy atom. The quantitative estimate of drug-likeness (QED) is 0.711. The Bertz CT molecular complexity index is 290. The van der Waals surface area contributed by atoms with Crippen LogP contribution in [0.3, 0.4) is 0 Å². The van der Waals surface area contributed by atoms with Crippen LogP contribution in [0.25, 0.3) is 0 Å². The van der Waals surface area contributed by atoms with Crippen molar-refractivity contribution in [2.75, 3.05) is 27.2 Å². The fourth-order valence-corrected chi connectivity index (χ4v) is 3.60. The van der Waals surface area contributed by atoms with Crippen LogP contribution < -0.4 is 0 Å². The van der Waals surface area contributed by atoms with Gasteiger partial charge in [0.05, 0.1) is 13.0 Å². The molecule has 1 aliphatic heterocycles. The summed E-state index contributed by atoms with van der Waals surface area (Å²) in [6.07, 6.45) is 3.63. The molecule has 4 heteroatoms. The van der Waals surface area contributed by atoms with Crippen LogP contribution in [0.1, 0.15) is 32.1 Å². The molecule has 1 saturated heterocycles. The number of methoxy groups -OCH3 is 1. The van der Waals surface area contributed by atoms with E-state index in [2.05, 4.69) is 4.90 Å². The average molecular weight is 257 g/mol. The number of hydrogen-bond acceptors (Lipinski definition) is 3. The SMILES string of the molecule is COC(=O)C1CN(C)CCC1C1CCC(F)CC1. The minimum Gasteiger partial charge on any atom is -0.469 e. The maximum atomic E-state index is 13.2. The molecule has 1 heterocycles. The number of hydrogen-bond donors (Lipinski definition) is 0. The van der Waals surface area contributed by atoms with Crippen LogP contribution in [0.5, 0.6) is 0 Å². The van der Waals surface area contributed by atoms with Gasteiger partial charge >= 0.3 is 5.97 Å². The highest BCUT2D eigenvalue weighted by molar-refractivity contribution is 5.73. The minimum atomic E-state index is -0.621. The molecule has 18 heavy (non-hydrogen) atoms. The van der Waals surface area contributed by atoms with Crippen molar-refractivity contribution < 1.29 is 13.9 Å². The van der Waals surface area contributed by atoms with Gasteiger partial charge in [-0.05, 0) is 57.5 Å². The second-order valence-corrected chi connectivity index (χ2v) is 5.86. The Balaban J connectivity index is 2.01. The van der Waals surface area contributed by atoms with Gasteiger partial charge in [0.25, 0.3) is 0 Å². The average Bonchev–Trinajstić information content (AvgIpc) is 2.39. The first-order valence-electron chi connectivity index (χ1n) is 7.02. The zero-order valence-electron chi connectivity index (χ0n) is 11.4. The van der Waals surface area contributed by atoms with Gasteiger partial charge in [-0.3, -0.25) is 4.79 Å². The number of ether oxygens (including phenoxy) is 1. The van der Waals surface area contributed by atoms with Crippen molar-refractivity contribution in [2.24, 2.45) is 17.8 Å². The molecule has 2 unspecified atom stereocenters. The number of piperidine rings is 1. The normalized spacial score (nSPS) is 38.4. The molecular formula is C14H24FNO2. The minimum absolute atomic E-state index is 0.0186. The van der Waals surface area contributed by atoms with Crippen LogP contribution in [-0.2, 0) is 9.53 Å². The molecule has 3 nitrogen and oxygen atoms in total.